The quantitative estimate of drug-likeness (QED) is 0.794. The lowest BCUT2D eigenvalue weighted by Gasteiger charge is -2.21. The highest BCUT2D eigenvalue weighted by Gasteiger charge is 2.19. The zero-order valence-electron chi connectivity index (χ0n) is 12.4. The van der Waals surface area contributed by atoms with Gasteiger partial charge in [0.2, 0.25) is 0 Å². The molecule has 2 atom stereocenters. The molecule has 112 valence electrons. The first kappa shape index (κ1) is 15.3. The number of rotatable bonds is 8. The Balaban J connectivity index is 1.93. The lowest BCUT2D eigenvalue weighted by atomic mass is 10.1. The first-order chi connectivity index (χ1) is 9.83. The molecule has 0 aliphatic carbocycles. The SMILES string of the molecule is CCCNC(COC1CCOC1)c1ccc(OC)cc1. The van der Waals surface area contributed by atoms with E-state index in [-0.39, 0.29) is 12.1 Å². The van der Waals surface area contributed by atoms with Crippen LogP contribution in [0.5, 0.6) is 5.75 Å². The molecular formula is C16H25NO3. The second-order valence-electron chi connectivity index (χ2n) is 5.10. The van der Waals surface area contributed by atoms with Gasteiger partial charge in [-0.2, -0.15) is 0 Å². The zero-order chi connectivity index (χ0) is 14.2. The molecule has 2 rings (SSSR count). The molecule has 0 spiro atoms. The van der Waals surface area contributed by atoms with Crippen molar-refractivity contribution in [3.8, 4) is 5.75 Å². The molecule has 1 heterocycles. The summed E-state index contributed by atoms with van der Waals surface area (Å²) < 4.78 is 16.5. The summed E-state index contributed by atoms with van der Waals surface area (Å²) in [6.07, 6.45) is 2.36. The van der Waals surface area contributed by atoms with Crippen LogP contribution in [-0.4, -0.2) is 39.6 Å². The molecule has 0 bridgehead atoms. The van der Waals surface area contributed by atoms with Gasteiger partial charge in [-0.3, -0.25) is 0 Å². The third-order valence-corrected chi connectivity index (χ3v) is 3.55. The molecule has 0 saturated carbocycles. The summed E-state index contributed by atoms with van der Waals surface area (Å²) >= 11 is 0. The Kier molecular flexibility index (Phi) is 6.30. The molecule has 0 radical (unpaired) electrons. The highest BCUT2D eigenvalue weighted by atomic mass is 16.5. The molecule has 0 aromatic heterocycles. The Hall–Kier alpha value is -1.10. The van der Waals surface area contributed by atoms with Gasteiger partial charge in [-0.1, -0.05) is 19.1 Å². The van der Waals surface area contributed by atoms with Gasteiger partial charge in [-0.25, -0.2) is 0 Å². The number of hydrogen-bond acceptors (Lipinski definition) is 4. The van der Waals surface area contributed by atoms with Crippen LogP contribution < -0.4 is 10.1 Å². The van der Waals surface area contributed by atoms with Gasteiger partial charge in [0.15, 0.2) is 0 Å². The molecule has 1 aromatic carbocycles. The Bertz CT molecular complexity index is 374. The maximum atomic E-state index is 5.95. The van der Waals surface area contributed by atoms with Gasteiger partial charge in [0, 0.05) is 6.61 Å². The maximum absolute atomic E-state index is 5.95. The van der Waals surface area contributed by atoms with Crippen LogP contribution in [0.2, 0.25) is 0 Å². The molecule has 1 aromatic rings. The van der Waals surface area contributed by atoms with E-state index in [1.54, 1.807) is 7.11 Å². The monoisotopic (exact) mass is 279 g/mol. The number of nitrogens with one attached hydrogen (secondary N) is 1. The second kappa shape index (κ2) is 8.25. The minimum absolute atomic E-state index is 0.224. The smallest absolute Gasteiger partial charge is 0.118 e. The molecule has 0 amide bonds. The van der Waals surface area contributed by atoms with Gasteiger partial charge < -0.3 is 19.5 Å². The summed E-state index contributed by atoms with van der Waals surface area (Å²) in [6.45, 7) is 5.38. The summed E-state index contributed by atoms with van der Waals surface area (Å²) in [4.78, 5) is 0. The fourth-order valence-electron chi connectivity index (χ4n) is 2.30. The first-order valence-corrected chi connectivity index (χ1v) is 7.40. The average molecular weight is 279 g/mol. The van der Waals surface area contributed by atoms with E-state index in [9.17, 15) is 0 Å². The number of benzene rings is 1. The van der Waals surface area contributed by atoms with Gasteiger partial charge in [0.1, 0.15) is 5.75 Å². The van der Waals surface area contributed by atoms with E-state index in [2.05, 4.69) is 24.4 Å². The van der Waals surface area contributed by atoms with Crippen molar-refractivity contribution in [1.29, 1.82) is 0 Å². The molecule has 1 saturated heterocycles. The summed E-state index contributed by atoms with van der Waals surface area (Å²) in [5.74, 6) is 0.883. The van der Waals surface area contributed by atoms with E-state index in [0.29, 0.717) is 6.61 Å². The van der Waals surface area contributed by atoms with Crippen LogP contribution in [0.4, 0.5) is 0 Å². The van der Waals surface area contributed by atoms with Crippen LogP contribution in [0.15, 0.2) is 24.3 Å². The fourth-order valence-corrected chi connectivity index (χ4v) is 2.30. The summed E-state index contributed by atoms with van der Waals surface area (Å²) in [7, 11) is 1.69. The molecule has 1 N–H and O–H groups in total. The van der Waals surface area contributed by atoms with Gasteiger partial charge in [-0.15, -0.1) is 0 Å². The minimum atomic E-state index is 0.224. The lowest BCUT2D eigenvalue weighted by molar-refractivity contribution is 0.0297. The van der Waals surface area contributed by atoms with E-state index < -0.39 is 0 Å². The van der Waals surface area contributed by atoms with E-state index in [1.807, 2.05) is 12.1 Å². The number of hydrogen-bond donors (Lipinski definition) is 1. The predicted molar refractivity (Wildman–Crippen MR) is 79.2 cm³/mol. The van der Waals surface area contributed by atoms with Crippen molar-refractivity contribution in [3.05, 3.63) is 29.8 Å². The normalized spacial score (nSPS) is 20.0. The molecule has 1 aliphatic heterocycles. The zero-order valence-corrected chi connectivity index (χ0v) is 12.4. The van der Waals surface area contributed by atoms with E-state index in [0.717, 1.165) is 38.3 Å². The van der Waals surface area contributed by atoms with Crippen molar-refractivity contribution in [2.24, 2.45) is 0 Å². The van der Waals surface area contributed by atoms with Crippen molar-refractivity contribution in [2.45, 2.75) is 31.9 Å². The molecule has 4 heteroatoms. The lowest BCUT2D eigenvalue weighted by Crippen LogP contribution is -2.28. The van der Waals surface area contributed by atoms with Crippen molar-refractivity contribution < 1.29 is 14.2 Å². The van der Waals surface area contributed by atoms with Gasteiger partial charge in [-0.05, 0) is 37.1 Å². The topological polar surface area (TPSA) is 39.7 Å². The Morgan fingerprint density at radius 3 is 2.75 bits per heavy atom. The third kappa shape index (κ3) is 4.47. The standard InChI is InChI=1S/C16H25NO3/c1-3-9-17-16(12-20-15-8-10-19-11-15)13-4-6-14(18-2)7-5-13/h4-7,15-17H,3,8-12H2,1-2H3. The van der Waals surface area contributed by atoms with Crippen molar-refractivity contribution in [1.82, 2.24) is 5.32 Å². The number of ether oxygens (including phenoxy) is 3. The Morgan fingerprint density at radius 1 is 1.35 bits per heavy atom. The Morgan fingerprint density at radius 2 is 2.15 bits per heavy atom. The van der Waals surface area contributed by atoms with Gasteiger partial charge in [0.25, 0.3) is 0 Å². The molecule has 1 aliphatic rings. The van der Waals surface area contributed by atoms with E-state index in [4.69, 9.17) is 14.2 Å². The van der Waals surface area contributed by atoms with E-state index >= 15 is 0 Å². The first-order valence-electron chi connectivity index (χ1n) is 7.40. The highest BCUT2D eigenvalue weighted by Crippen LogP contribution is 2.19. The van der Waals surface area contributed by atoms with Crippen LogP contribution in [0.25, 0.3) is 0 Å². The van der Waals surface area contributed by atoms with Gasteiger partial charge >= 0.3 is 0 Å². The summed E-state index contributed by atoms with van der Waals surface area (Å²) in [5, 5.41) is 3.54. The van der Waals surface area contributed by atoms with Crippen LogP contribution in [-0.2, 0) is 9.47 Å². The molecular weight excluding hydrogens is 254 g/mol. The van der Waals surface area contributed by atoms with Gasteiger partial charge in [0.05, 0.1) is 32.5 Å². The molecule has 1 fully saturated rings. The Labute approximate surface area is 121 Å². The third-order valence-electron chi connectivity index (χ3n) is 3.55. The molecule has 4 nitrogen and oxygen atoms in total. The van der Waals surface area contributed by atoms with Crippen LogP contribution >= 0.6 is 0 Å². The largest absolute Gasteiger partial charge is 0.497 e. The fraction of sp³-hybridized carbons (Fsp3) is 0.625. The van der Waals surface area contributed by atoms with Crippen molar-refractivity contribution >= 4 is 0 Å². The van der Waals surface area contributed by atoms with Crippen LogP contribution in [0, 0.1) is 0 Å². The van der Waals surface area contributed by atoms with E-state index in [1.165, 1.54) is 5.56 Å². The van der Waals surface area contributed by atoms with Crippen LogP contribution in [0.1, 0.15) is 31.4 Å². The van der Waals surface area contributed by atoms with Crippen molar-refractivity contribution in [2.75, 3.05) is 33.5 Å². The summed E-state index contributed by atoms with van der Waals surface area (Å²) in [6, 6.07) is 8.41. The number of methoxy groups -OCH3 is 1. The average Bonchev–Trinajstić information content (AvgIpc) is 3.01. The minimum Gasteiger partial charge on any atom is -0.497 e. The highest BCUT2D eigenvalue weighted by molar-refractivity contribution is 5.29. The second-order valence-corrected chi connectivity index (χ2v) is 5.10. The maximum Gasteiger partial charge on any atom is 0.118 e. The molecule has 2 unspecified atom stereocenters. The molecule has 20 heavy (non-hydrogen) atoms. The predicted octanol–water partition coefficient (Wildman–Crippen LogP) is 2.54. The van der Waals surface area contributed by atoms with Crippen molar-refractivity contribution in [3.63, 3.8) is 0 Å². The summed E-state index contributed by atoms with van der Waals surface area (Å²) in [5.41, 5.74) is 1.23. The van der Waals surface area contributed by atoms with Crippen LogP contribution in [0.3, 0.4) is 0 Å².